The summed E-state index contributed by atoms with van der Waals surface area (Å²) in [7, 11) is 0. The molecule has 2 aliphatic rings. The van der Waals surface area contributed by atoms with Crippen LogP contribution in [0.5, 0.6) is 0 Å². The van der Waals surface area contributed by atoms with Gasteiger partial charge < -0.3 is 15.2 Å². The average molecular weight is 220 g/mol. The van der Waals surface area contributed by atoms with Gasteiger partial charge in [-0.1, -0.05) is 6.92 Å². The van der Waals surface area contributed by atoms with Gasteiger partial charge in [-0.25, -0.2) is 4.98 Å². The molecular weight excluding hydrogens is 200 g/mol. The number of aromatic nitrogens is 2. The summed E-state index contributed by atoms with van der Waals surface area (Å²) in [4.78, 5) is 10.4. The molecule has 4 heteroatoms. The zero-order valence-electron chi connectivity index (χ0n) is 9.92. The van der Waals surface area contributed by atoms with Crippen LogP contribution >= 0.6 is 0 Å². The van der Waals surface area contributed by atoms with Crippen molar-refractivity contribution >= 4 is 0 Å². The highest BCUT2D eigenvalue weighted by atomic mass is 15.2. The van der Waals surface area contributed by atoms with Crippen molar-refractivity contribution in [3.63, 3.8) is 0 Å². The van der Waals surface area contributed by atoms with Gasteiger partial charge in [0.25, 0.3) is 0 Å². The maximum Gasteiger partial charge on any atom is 0.0926 e. The fourth-order valence-electron chi connectivity index (χ4n) is 3.10. The second kappa shape index (κ2) is 3.86. The van der Waals surface area contributed by atoms with Crippen LogP contribution in [0.1, 0.15) is 31.2 Å². The van der Waals surface area contributed by atoms with Crippen LogP contribution in [-0.4, -0.2) is 41.0 Å². The van der Waals surface area contributed by atoms with Gasteiger partial charge in [0, 0.05) is 31.7 Å². The van der Waals surface area contributed by atoms with Gasteiger partial charge in [-0.3, -0.25) is 0 Å². The molecule has 2 N–H and O–H groups in total. The summed E-state index contributed by atoms with van der Waals surface area (Å²) < 4.78 is 0. The molecule has 16 heavy (non-hydrogen) atoms. The molecule has 0 saturated carbocycles. The van der Waals surface area contributed by atoms with E-state index < -0.39 is 0 Å². The summed E-state index contributed by atoms with van der Waals surface area (Å²) in [6.45, 7) is 6.88. The minimum absolute atomic E-state index is 0.166. The van der Waals surface area contributed by atoms with Crippen molar-refractivity contribution in [3.05, 3.63) is 17.7 Å². The highest BCUT2D eigenvalue weighted by Crippen LogP contribution is 2.35. The van der Waals surface area contributed by atoms with E-state index in [1.165, 1.54) is 43.9 Å². The minimum atomic E-state index is 0.166. The molecule has 1 spiro atoms. The summed E-state index contributed by atoms with van der Waals surface area (Å²) in [6.07, 6.45) is 5.33. The average Bonchev–Trinajstić information content (AvgIpc) is 2.80. The van der Waals surface area contributed by atoms with Crippen molar-refractivity contribution in [1.82, 2.24) is 20.2 Å². The molecule has 0 unspecified atom stereocenters. The van der Waals surface area contributed by atoms with E-state index in [9.17, 15) is 0 Å². The van der Waals surface area contributed by atoms with E-state index >= 15 is 0 Å². The largest absolute Gasteiger partial charge is 0.348 e. The van der Waals surface area contributed by atoms with Gasteiger partial charge in [0.15, 0.2) is 0 Å². The summed E-state index contributed by atoms with van der Waals surface area (Å²) >= 11 is 0. The lowest BCUT2D eigenvalue weighted by Crippen LogP contribution is -2.54. The Balaban J connectivity index is 1.86. The second-order valence-electron chi connectivity index (χ2n) is 4.92. The monoisotopic (exact) mass is 220 g/mol. The third kappa shape index (κ3) is 1.48. The lowest BCUT2D eigenvalue weighted by Gasteiger charge is -2.43. The van der Waals surface area contributed by atoms with Crippen LogP contribution in [-0.2, 0) is 12.0 Å². The molecule has 1 aromatic rings. The Bertz CT molecular complexity index is 363. The van der Waals surface area contributed by atoms with Gasteiger partial charge in [-0.15, -0.1) is 0 Å². The molecule has 1 saturated heterocycles. The number of aromatic amines is 1. The number of piperidine rings is 1. The topological polar surface area (TPSA) is 44.0 Å². The zero-order chi connectivity index (χ0) is 11.0. The van der Waals surface area contributed by atoms with Crippen molar-refractivity contribution in [3.8, 4) is 0 Å². The van der Waals surface area contributed by atoms with Crippen molar-refractivity contribution in [2.24, 2.45) is 0 Å². The highest BCUT2D eigenvalue weighted by molar-refractivity contribution is 5.26. The van der Waals surface area contributed by atoms with E-state index in [-0.39, 0.29) is 5.54 Å². The molecule has 88 valence electrons. The summed E-state index contributed by atoms with van der Waals surface area (Å²) in [5.74, 6) is 0. The van der Waals surface area contributed by atoms with Gasteiger partial charge in [0.2, 0.25) is 0 Å². The molecule has 0 bridgehead atoms. The summed E-state index contributed by atoms with van der Waals surface area (Å²) in [6, 6.07) is 0. The summed E-state index contributed by atoms with van der Waals surface area (Å²) in [5, 5.41) is 3.71. The molecule has 0 atom stereocenters. The third-order valence-electron chi connectivity index (χ3n) is 4.17. The van der Waals surface area contributed by atoms with Crippen LogP contribution in [0.3, 0.4) is 0 Å². The minimum Gasteiger partial charge on any atom is -0.348 e. The predicted molar refractivity (Wildman–Crippen MR) is 63.3 cm³/mol. The van der Waals surface area contributed by atoms with Crippen LogP contribution in [0.4, 0.5) is 0 Å². The van der Waals surface area contributed by atoms with E-state index in [2.05, 4.69) is 27.1 Å². The van der Waals surface area contributed by atoms with Crippen LogP contribution in [0.25, 0.3) is 0 Å². The van der Waals surface area contributed by atoms with E-state index in [0.717, 1.165) is 13.0 Å². The van der Waals surface area contributed by atoms with Crippen molar-refractivity contribution in [1.29, 1.82) is 0 Å². The number of hydrogen-bond donors (Lipinski definition) is 2. The first-order valence-corrected chi connectivity index (χ1v) is 6.34. The Morgan fingerprint density at radius 1 is 1.44 bits per heavy atom. The number of hydrogen-bond acceptors (Lipinski definition) is 3. The molecule has 1 aromatic heterocycles. The molecule has 0 aliphatic carbocycles. The first-order valence-electron chi connectivity index (χ1n) is 6.34. The molecule has 3 rings (SSSR count). The van der Waals surface area contributed by atoms with Gasteiger partial charge >= 0.3 is 0 Å². The maximum absolute atomic E-state index is 4.55. The van der Waals surface area contributed by atoms with Gasteiger partial charge in [-0.2, -0.15) is 0 Å². The molecule has 4 nitrogen and oxygen atoms in total. The van der Waals surface area contributed by atoms with Crippen molar-refractivity contribution < 1.29 is 0 Å². The van der Waals surface area contributed by atoms with Gasteiger partial charge in [0.05, 0.1) is 17.6 Å². The Kier molecular flexibility index (Phi) is 2.48. The molecule has 0 aromatic carbocycles. The smallest absolute Gasteiger partial charge is 0.0926 e. The van der Waals surface area contributed by atoms with Crippen LogP contribution in [0.15, 0.2) is 6.33 Å². The predicted octanol–water partition coefficient (Wildman–Crippen LogP) is 0.866. The van der Waals surface area contributed by atoms with Gasteiger partial charge in [0.1, 0.15) is 0 Å². The Labute approximate surface area is 96.4 Å². The first-order chi connectivity index (χ1) is 7.84. The van der Waals surface area contributed by atoms with Crippen LogP contribution in [0.2, 0.25) is 0 Å². The number of fused-ring (bicyclic) bond motifs is 2. The van der Waals surface area contributed by atoms with Crippen molar-refractivity contribution in [2.45, 2.75) is 31.7 Å². The van der Waals surface area contributed by atoms with Crippen LogP contribution in [0, 0.1) is 0 Å². The number of likely N-dealkylation sites (tertiary alicyclic amines) is 1. The molecule has 0 radical (unpaired) electrons. The Morgan fingerprint density at radius 3 is 3.00 bits per heavy atom. The molecule has 3 heterocycles. The van der Waals surface area contributed by atoms with E-state index in [1.807, 2.05) is 6.33 Å². The van der Waals surface area contributed by atoms with Gasteiger partial charge in [-0.05, 0) is 19.4 Å². The lowest BCUT2D eigenvalue weighted by atomic mass is 9.81. The molecular formula is C12H20N4. The fourth-order valence-corrected chi connectivity index (χ4v) is 3.10. The number of nitrogens with zero attached hydrogens (tertiary/aromatic N) is 2. The lowest BCUT2D eigenvalue weighted by molar-refractivity contribution is 0.130. The quantitative estimate of drug-likeness (QED) is 0.738. The standard InChI is InChI=1S/C12H20N4/c1-2-16-7-4-12(5-8-16)11-10(3-6-15-12)13-9-14-11/h9,15H,2-8H2,1H3,(H,13,14). The number of imidazole rings is 1. The normalized spacial score (nSPS) is 24.6. The third-order valence-corrected chi connectivity index (χ3v) is 4.17. The highest BCUT2D eigenvalue weighted by Gasteiger charge is 2.40. The fraction of sp³-hybridized carbons (Fsp3) is 0.750. The zero-order valence-corrected chi connectivity index (χ0v) is 9.92. The first kappa shape index (κ1) is 10.3. The van der Waals surface area contributed by atoms with E-state index in [4.69, 9.17) is 0 Å². The summed E-state index contributed by atoms with van der Waals surface area (Å²) in [5.41, 5.74) is 2.80. The number of rotatable bonds is 1. The SMILES string of the molecule is CCN1CCC2(CC1)NCCc1[nH]cnc12. The van der Waals surface area contributed by atoms with E-state index in [1.54, 1.807) is 0 Å². The maximum atomic E-state index is 4.55. The van der Waals surface area contributed by atoms with Crippen LogP contribution < -0.4 is 5.32 Å². The second-order valence-corrected chi connectivity index (χ2v) is 4.92. The number of nitrogens with one attached hydrogen (secondary N) is 2. The number of H-pyrrole nitrogens is 1. The van der Waals surface area contributed by atoms with Crippen molar-refractivity contribution in [2.75, 3.05) is 26.2 Å². The molecule has 1 fully saturated rings. The molecule has 0 amide bonds. The Morgan fingerprint density at radius 2 is 2.25 bits per heavy atom. The molecule has 2 aliphatic heterocycles. The Hall–Kier alpha value is -0.870. The van der Waals surface area contributed by atoms with E-state index in [0.29, 0.717) is 0 Å².